The van der Waals surface area contributed by atoms with Gasteiger partial charge >= 0.3 is 5.97 Å². The van der Waals surface area contributed by atoms with Crippen molar-refractivity contribution in [2.24, 2.45) is 5.41 Å². The lowest BCUT2D eigenvalue weighted by molar-refractivity contribution is -0.176. The van der Waals surface area contributed by atoms with Gasteiger partial charge < -0.3 is 15.2 Å². The lowest BCUT2D eigenvalue weighted by Gasteiger charge is -2.37. The standard InChI is InChI=1S/C12H14BrNO3/c1-8-2-3-9(4-10(8)13)14-5-12(11(15)16)6-17-7-12/h2-4,14H,5-7H2,1H3,(H,15,16). The van der Waals surface area contributed by atoms with Gasteiger partial charge in [-0.15, -0.1) is 0 Å². The number of carboxylic acids is 1. The van der Waals surface area contributed by atoms with Crippen LogP contribution in [0.15, 0.2) is 22.7 Å². The third-order valence-corrected chi connectivity index (χ3v) is 3.87. The molecule has 1 aromatic carbocycles. The number of anilines is 1. The van der Waals surface area contributed by atoms with E-state index in [9.17, 15) is 4.79 Å². The van der Waals surface area contributed by atoms with E-state index < -0.39 is 11.4 Å². The third kappa shape index (κ3) is 2.45. The first-order valence-corrected chi connectivity index (χ1v) is 6.14. The summed E-state index contributed by atoms with van der Waals surface area (Å²) in [6.45, 7) is 2.95. The van der Waals surface area contributed by atoms with E-state index >= 15 is 0 Å². The molecule has 0 unspecified atom stereocenters. The van der Waals surface area contributed by atoms with Crippen LogP contribution in [0.5, 0.6) is 0 Å². The Morgan fingerprint density at radius 3 is 2.76 bits per heavy atom. The molecule has 0 spiro atoms. The van der Waals surface area contributed by atoms with Gasteiger partial charge in [-0.1, -0.05) is 22.0 Å². The van der Waals surface area contributed by atoms with Crippen LogP contribution in [0.4, 0.5) is 5.69 Å². The van der Waals surface area contributed by atoms with Gasteiger partial charge in [0, 0.05) is 16.7 Å². The maximum Gasteiger partial charge on any atom is 0.316 e. The van der Waals surface area contributed by atoms with Gasteiger partial charge in [-0.25, -0.2) is 0 Å². The molecule has 2 N–H and O–H groups in total. The average Bonchev–Trinajstić information content (AvgIpc) is 2.21. The minimum atomic E-state index is -0.803. The van der Waals surface area contributed by atoms with Gasteiger partial charge in [0.25, 0.3) is 0 Å². The molecule has 0 aromatic heterocycles. The van der Waals surface area contributed by atoms with Crippen LogP contribution < -0.4 is 5.32 Å². The summed E-state index contributed by atoms with van der Waals surface area (Å²) in [6, 6.07) is 5.87. The molecule has 1 saturated heterocycles. The molecule has 1 aliphatic rings. The summed E-state index contributed by atoms with van der Waals surface area (Å²) in [6.07, 6.45) is 0. The Morgan fingerprint density at radius 1 is 1.59 bits per heavy atom. The zero-order valence-electron chi connectivity index (χ0n) is 9.50. The molecular weight excluding hydrogens is 286 g/mol. The second kappa shape index (κ2) is 4.66. The van der Waals surface area contributed by atoms with E-state index in [4.69, 9.17) is 9.84 Å². The van der Waals surface area contributed by atoms with Gasteiger partial charge in [-0.05, 0) is 24.6 Å². The lowest BCUT2D eigenvalue weighted by atomic mass is 9.86. The van der Waals surface area contributed by atoms with E-state index in [1.165, 1.54) is 0 Å². The Bertz CT molecular complexity index is 443. The van der Waals surface area contributed by atoms with Crippen LogP contribution in [-0.4, -0.2) is 30.8 Å². The van der Waals surface area contributed by atoms with Gasteiger partial charge in [0.1, 0.15) is 5.41 Å². The molecule has 1 heterocycles. The van der Waals surface area contributed by atoms with Crippen molar-refractivity contribution in [3.05, 3.63) is 28.2 Å². The molecule has 1 fully saturated rings. The molecule has 5 heteroatoms. The SMILES string of the molecule is Cc1ccc(NCC2(C(=O)O)COC2)cc1Br. The molecule has 0 amide bonds. The molecule has 1 aliphatic heterocycles. The molecule has 1 aromatic rings. The number of halogens is 1. The fraction of sp³-hybridized carbons (Fsp3) is 0.417. The van der Waals surface area contributed by atoms with Crippen LogP contribution in [0.2, 0.25) is 0 Å². The van der Waals surface area contributed by atoms with Crippen LogP contribution in [0, 0.1) is 12.3 Å². The highest BCUT2D eigenvalue weighted by Gasteiger charge is 2.46. The predicted molar refractivity (Wildman–Crippen MR) is 68.3 cm³/mol. The summed E-state index contributed by atoms with van der Waals surface area (Å²) in [5.74, 6) is -0.803. The summed E-state index contributed by atoms with van der Waals surface area (Å²) in [5.41, 5.74) is 1.29. The van der Waals surface area contributed by atoms with Gasteiger partial charge in [0.05, 0.1) is 13.2 Å². The van der Waals surface area contributed by atoms with E-state index in [1.54, 1.807) is 0 Å². The number of carbonyl (C=O) groups is 1. The number of nitrogens with one attached hydrogen (secondary N) is 1. The molecule has 0 aliphatic carbocycles. The maximum absolute atomic E-state index is 11.1. The third-order valence-electron chi connectivity index (χ3n) is 3.01. The number of aliphatic carboxylic acids is 1. The maximum atomic E-state index is 11.1. The first kappa shape index (κ1) is 12.4. The zero-order chi connectivity index (χ0) is 12.5. The van der Waals surface area contributed by atoms with Crippen molar-refractivity contribution in [2.45, 2.75) is 6.92 Å². The molecule has 0 bridgehead atoms. The molecule has 17 heavy (non-hydrogen) atoms. The van der Waals surface area contributed by atoms with Crippen molar-refractivity contribution in [1.82, 2.24) is 0 Å². The van der Waals surface area contributed by atoms with Crippen LogP contribution in [0.1, 0.15) is 5.56 Å². The Morgan fingerprint density at radius 2 is 2.29 bits per heavy atom. The van der Waals surface area contributed by atoms with E-state index in [0.717, 1.165) is 15.7 Å². The average molecular weight is 300 g/mol. The Hall–Kier alpha value is -1.07. The van der Waals surface area contributed by atoms with Gasteiger partial charge in [-0.3, -0.25) is 4.79 Å². The molecule has 0 radical (unpaired) electrons. The molecular formula is C12H14BrNO3. The summed E-state index contributed by atoms with van der Waals surface area (Å²) in [4.78, 5) is 11.1. The largest absolute Gasteiger partial charge is 0.481 e. The predicted octanol–water partition coefficient (Wildman–Crippen LogP) is 2.27. The minimum absolute atomic E-state index is 0.280. The van der Waals surface area contributed by atoms with Crippen molar-refractivity contribution < 1.29 is 14.6 Å². The number of benzene rings is 1. The summed E-state index contributed by atoms with van der Waals surface area (Å²) in [5, 5.41) is 12.3. The van der Waals surface area contributed by atoms with Crippen molar-refractivity contribution in [3.8, 4) is 0 Å². The van der Waals surface area contributed by atoms with Gasteiger partial charge in [0.2, 0.25) is 0 Å². The first-order chi connectivity index (χ1) is 8.03. The second-order valence-corrected chi connectivity index (χ2v) is 5.25. The summed E-state index contributed by atoms with van der Waals surface area (Å²) in [7, 11) is 0. The molecule has 2 rings (SSSR count). The van der Waals surface area contributed by atoms with E-state index in [-0.39, 0.29) is 13.2 Å². The number of ether oxygens (including phenoxy) is 1. The first-order valence-electron chi connectivity index (χ1n) is 5.35. The van der Waals surface area contributed by atoms with Crippen molar-refractivity contribution in [2.75, 3.05) is 25.1 Å². The normalized spacial score (nSPS) is 17.3. The summed E-state index contributed by atoms with van der Waals surface area (Å²) < 4.78 is 6.01. The highest BCUT2D eigenvalue weighted by Crippen LogP contribution is 2.29. The van der Waals surface area contributed by atoms with E-state index in [0.29, 0.717) is 6.54 Å². The highest BCUT2D eigenvalue weighted by molar-refractivity contribution is 9.10. The monoisotopic (exact) mass is 299 g/mol. The molecule has 0 saturated carbocycles. The number of aryl methyl sites for hydroxylation is 1. The smallest absolute Gasteiger partial charge is 0.316 e. The van der Waals surface area contributed by atoms with Crippen LogP contribution >= 0.6 is 15.9 Å². The lowest BCUT2D eigenvalue weighted by Crippen LogP contribution is -2.53. The second-order valence-electron chi connectivity index (χ2n) is 4.40. The van der Waals surface area contributed by atoms with Crippen molar-refractivity contribution in [1.29, 1.82) is 0 Å². The fourth-order valence-electron chi connectivity index (χ4n) is 1.62. The Labute approximate surface area is 108 Å². The minimum Gasteiger partial charge on any atom is -0.481 e. The quantitative estimate of drug-likeness (QED) is 0.895. The van der Waals surface area contributed by atoms with Gasteiger partial charge in [0.15, 0.2) is 0 Å². The van der Waals surface area contributed by atoms with Crippen molar-refractivity contribution >= 4 is 27.6 Å². The zero-order valence-corrected chi connectivity index (χ0v) is 11.1. The summed E-state index contributed by atoms with van der Waals surface area (Å²) >= 11 is 3.45. The number of rotatable bonds is 4. The van der Waals surface area contributed by atoms with E-state index in [2.05, 4.69) is 21.2 Å². The fourth-order valence-corrected chi connectivity index (χ4v) is 2.00. The van der Waals surface area contributed by atoms with Gasteiger partial charge in [-0.2, -0.15) is 0 Å². The Kier molecular flexibility index (Phi) is 3.40. The Balaban J connectivity index is 2.02. The highest BCUT2D eigenvalue weighted by atomic mass is 79.9. The number of hydrogen-bond acceptors (Lipinski definition) is 3. The van der Waals surface area contributed by atoms with Crippen molar-refractivity contribution in [3.63, 3.8) is 0 Å². The topological polar surface area (TPSA) is 58.6 Å². The number of carboxylic acid groups (broad SMARTS) is 1. The number of hydrogen-bond donors (Lipinski definition) is 2. The van der Waals surface area contributed by atoms with Crippen LogP contribution in [-0.2, 0) is 9.53 Å². The molecule has 92 valence electrons. The van der Waals surface area contributed by atoms with E-state index in [1.807, 2.05) is 25.1 Å². The molecule has 4 nitrogen and oxygen atoms in total. The van der Waals surface area contributed by atoms with Crippen LogP contribution in [0.3, 0.4) is 0 Å². The van der Waals surface area contributed by atoms with Crippen LogP contribution in [0.25, 0.3) is 0 Å². The molecule has 0 atom stereocenters.